The van der Waals surface area contributed by atoms with E-state index in [0.29, 0.717) is 23.5 Å². The SMILES string of the molecule is Cc1ccc(NCC(C(C)C)C(C)C)c(C)c1O. The molecule has 0 aliphatic heterocycles. The van der Waals surface area contributed by atoms with Crippen LogP contribution in [0.3, 0.4) is 0 Å². The van der Waals surface area contributed by atoms with Crippen molar-refractivity contribution >= 4 is 5.69 Å². The molecule has 1 aromatic rings. The number of phenols is 1. The van der Waals surface area contributed by atoms with Crippen LogP contribution >= 0.6 is 0 Å². The Balaban J connectivity index is 2.77. The largest absolute Gasteiger partial charge is 0.507 e. The van der Waals surface area contributed by atoms with Crippen molar-refractivity contribution in [2.24, 2.45) is 17.8 Å². The molecule has 0 spiro atoms. The van der Waals surface area contributed by atoms with E-state index in [1.54, 1.807) is 0 Å². The Labute approximate surface area is 111 Å². The summed E-state index contributed by atoms with van der Waals surface area (Å²) in [5.74, 6) is 2.38. The molecule has 2 nitrogen and oxygen atoms in total. The fourth-order valence-corrected chi connectivity index (χ4v) is 2.50. The Morgan fingerprint density at radius 3 is 2.11 bits per heavy atom. The first-order valence-corrected chi connectivity index (χ1v) is 6.87. The molecule has 2 N–H and O–H groups in total. The predicted octanol–water partition coefficient (Wildman–Crippen LogP) is 4.35. The molecule has 0 bridgehead atoms. The van der Waals surface area contributed by atoms with Gasteiger partial charge in [-0.25, -0.2) is 0 Å². The molecule has 0 atom stereocenters. The van der Waals surface area contributed by atoms with Crippen LogP contribution in [0.5, 0.6) is 5.75 Å². The summed E-state index contributed by atoms with van der Waals surface area (Å²) in [4.78, 5) is 0. The molecule has 0 aromatic heterocycles. The minimum absolute atomic E-state index is 0.408. The highest BCUT2D eigenvalue weighted by Crippen LogP contribution is 2.29. The van der Waals surface area contributed by atoms with Gasteiger partial charge in [0.1, 0.15) is 5.75 Å². The summed E-state index contributed by atoms with van der Waals surface area (Å²) in [5, 5.41) is 13.4. The van der Waals surface area contributed by atoms with Crippen LogP contribution in [0, 0.1) is 31.6 Å². The van der Waals surface area contributed by atoms with Gasteiger partial charge in [0.25, 0.3) is 0 Å². The van der Waals surface area contributed by atoms with Gasteiger partial charge < -0.3 is 10.4 Å². The van der Waals surface area contributed by atoms with Crippen LogP contribution in [0.4, 0.5) is 5.69 Å². The van der Waals surface area contributed by atoms with E-state index in [4.69, 9.17) is 0 Å². The van der Waals surface area contributed by atoms with Gasteiger partial charge in [-0.05, 0) is 43.2 Å². The van der Waals surface area contributed by atoms with Crippen LogP contribution in [0.15, 0.2) is 12.1 Å². The Morgan fingerprint density at radius 2 is 1.61 bits per heavy atom. The predicted molar refractivity (Wildman–Crippen MR) is 79.2 cm³/mol. The monoisotopic (exact) mass is 249 g/mol. The third-order valence-electron chi connectivity index (χ3n) is 3.87. The number of anilines is 1. The second-order valence-electron chi connectivity index (χ2n) is 5.94. The quantitative estimate of drug-likeness (QED) is 0.813. The molecule has 0 aliphatic carbocycles. The molecule has 0 fully saturated rings. The van der Waals surface area contributed by atoms with E-state index < -0.39 is 0 Å². The lowest BCUT2D eigenvalue weighted by molar-refractivity contribution is 0.304. The van der Waals surface area contributed by atoms with Crippen LogP contribution in [0.2, 0.25) is 0 Å². The first kappa shape index (κ1) is 14.9. The van der Waals surface area contributed by atoms with Crippen LogP contribution in [-0.4, -0.2) is 11.7 Å². The summed E-state index contributed by atoms with van der Waals surface area (Å²) in [7, 11) is 0. The van der Waals surface area contributed by atoms with Crippen LogP contribution < -0.4 is 5.32 Å². The summed E-state index contributed by atoms with van der Waals surface area (Å²) in [6.07, 6.45) is 0. The molecule has 102 valence electrons. The number of aromatic hydroxyl groups is 1. The number of nitrogens with one attached hydrogen (secondary N) is 1. The average molecular weight is 249 g/mol. The zero-order valence-electron chi connectivity index (χ0n) is 12.5. The molecular formula is C16H27NO. The molecule has 0 saturated heterocycles. The molecule has 1 aromatic carbocycles. The Hall–Kier alpha value is -1.18. The van der Waals surface area contributed by atoms with Gasteiger partial charge in [-0.2, -0.15) is 0 Å². The summed E-state index contributed by atoms with van der Waals surface area (Å²) >= 11 is 0. The smallest absolute Gasteiger partial charge is 0.123 e. The molecule has 0 unspecified atom stereocenters. The molecule has 0 heterocycles. The second-order valence-corrected chi connectivity index (χ2v) is 5.94. The topological polar surface area (TPSA) is 32.3 Å². The van der Waals surface area contributed by atoms with Crippen molar-refractivity contribution in [3.63, 3.8) is 0 Å². The maximum absolute atomic E-state index is 9.93. The van der Waals surface area contributed by atoms with Crippen LogP contribution in [0.1, 0.15) is 38.8 Å². The molecule has 0 radical (unpaired) electrons. The van der Waals surface area contributed by atoms with Crippen molar-refractivity contribution in [3.8, 4) is 5.75 Å². The van der Waals surface area contributed by atoms with Gasteiger partial charge in [-0.1, -0.05) is 33.8 Å². The normalized spacial score (nSPS) is 11.6. The third-order valence-corrected chi connectivity index (χ3v) is 3.87. The molecule has 18 heavy (non-hydrogen) atoms. The first-order valence-electron chi connectivity index (χ1n) is 6.87. The molecule has 2 heteroatoms. The van der Waals surface area contributed by atoms with Gasteiger partial charge in [-0.15, -0.1) is 0 Å². The van der Waals surface area contributed by atoms with Crippen molar-refractivity contribution < 1.29 is 5.11 Å². The fraction of sp³-hybridized carbons (Fsp3) is 0.625. The number of benzene rings is 1. The number of phenolic OH excluding ortho intramolecular Hbond substituents is 1. The Bertz CT molecular complexity index is 388. The molecular weight excluding hydrogens is 222 g/mol. The maximum atomic E-state index is 9.93. The van der Waals surface area contributed by atoms with E-state index in [0.717, 1.165) is 23.4 Å². The van der Waals surface area contributed by atoms with E-state index in [9.17, 15) is 5.11 Å². The van der Waals surface area contributed by atoms with E-state index in [-0.39, 0.29) is 0 Å². The molecule has 0 aliphatic rings. The Kier molecular flexibility index (Phi) is 5.06. The van der Waals surface area contributed by atoms with Gasteiger partial charge >= 0.3 is 0 Å². The minimum atomic E-state index is 0.408. The van der Waals surface area contributed by atoms with Crippen molar-refractivity contribution in [2.45, 2.75) is 41.5 Å². The fourth-order valence-electron chi connectivity index (χ4n) is 2.50. The number of hydrogen-bond donors (Lipinski definition) is 2. The average Bonchev–Trinajstić information content (AvgIpc) is 2.28. The number of rotatable bonds is 5. The lowest BCUT2D eigenvalue weighted by Crippen LogP contribution is -2.24. The third kappa shape index (κ3) is 3.41. The van der Waals surface area contributed by atoms with E-state index >= 15 is 0 Å². The van der Waals surface area contributed by atoms with E-state index in [1.807, 2.05) is 19.9 Å². The van der Waals surface area contributed by atoms with Gasteiger partial charge in [0, 0.05) is 17.8 Å². The highest BCUT2D eigenvalue weighted by molar-refractivity contribution is 5.59. The zero-order valence-corrected chi connectivity index (χ0v) is 12.5. The summed E-state index contributed by atoms with van der Waals surface area (Å²) in [6.45, 7) is 13.9. The second kappa shape index (κ2) is 6.12. The van der Waals surface area contributed by atoms with Crippen LogP contribution in [0.25, 0.3) is 0 Å². The first-order chi connectivity index (χ1) is 8.34. The number of aryl methyl sites for hydroxylation is 1. The van der Waals surface area contributed by atoms with E-state index in [1.165, 1.54) is 0 Å². The molecule has 1 rings (SSSR count). The summed E-state index contributed by atoms with van der Waals surface area (Å²) in [5.41, 5.74) is 2.92. The lowest BCUT2D eigenvalue weighted by atomic mass is 9.85. The van der Waals surface area contributed by atoms with Gasteiger partial charge in [0.2, 0.25) is 0 Å². The molecule has 0 saturated carbocycles. The highest BCUT2D eigenvalue weighted by Gasteiger charge is 2.17. The van der Waals surface area contributed by atoms with Gasteiger partial charge in [0.05, 0.1) is 0 Å². The van der Waals surface area contributed by atoms with Gasteiger partial charge in [0.15, 0.2) is 0 Å². The standard InChI is InChI=1S/C16H27NO/c1-10(2)14(11(3)4)9-17-15-8-7-12(5)16(18)13(15)6/h7-8,10-11,14,17-18H,9H2,1-6H3. The highest BCUT2D eigenvalue weighted by atomic mass is 16.3. The zero-order chi connectivity index (χ0) is 13.9. The summed E-state index contributed by atoms with van der Waals surface area (Å²) < 4.78 is 0. The summed E-state index contributed by atoms with van der Waals surface area (Å²) in [6, 6.07) is 4.02. The van der Waals surface area contributed by atoms with Crippen molar-refractivity contribution in [2.75, 3.05) is 11.9 Å². The maximum Gasteiger partial charge on any atom is 0.123 e. The van der Waals surface area contributed by atoms with E-state index in [2.05, 4.69) is 39.1 Å². The minimum Gasteiger partial charge on any atom is -0.507 e. The van der Waals surface area contributed by atoms with Crippen molar-refractivity contribution in [3.05, 3.63) is 23.3 Å². The Morgan fingerprint density at radius 1 is 1.06 bits per heavy atom. The number of hydrogen-bond acceptors (Lipinski definition) is 2. The van der Waals surface area contributed by atoms with Gasteiger partial charge in [-0.3, -0.25) is 0 Å². The van der Waals surface area contributed by atoms with Crippen molar-refractivity contribution in [1.82, 2.24) is 0 Å². The lowest BCUT2D eigenvalue weighted by Gasteiger charge is -2.26. The van der Waals surface area contributed by atoms with Crippen molar-refractivity contribution in [1.29, 1.82) is 0 Å². The van der Waals surface area contributed by atoms with Crippen LogP contribution in [-0.2, 0) is 0 Å². The molecule has 0 amide bonds.